The molecule has 0 saturated heterocycles. The highest BCUT2D eigenvalue weighted by Gasteiger charge is 2.15. The van der Waals surface area contributed by atoms with Crippen LogP contribution in [0.25, 0.3) is 0 Å². The topological polar surface area (TPSA) is 60.8 Å². The van der Waals surface area contributed by atoms with Gasteiger partial charge in [0, 0.05) is 13.1 Å². The Bertz CT molecular complexity index is 202. The van der Waals surface area contributed by atoms with Gasteiger partial charge >= 0.3 is 6.09 Å². The van der Waals surface area contributed by atoms with E-state index in [0.717, 1.165) is 18.8 Å². The van der Waals surface area contributed by atoms with Gasteiger partial charge in [-0.3, -0.25) is 0 Å². The second-order valence-electron chi connectivity index (χ2n) is 4.64. The number of carboxylic acid groups (broad SMARTS) is 1. The number of aliphatic hydroxyl groups excluding tert-OH is 1. The lowest BCUT2D eigenvalue weighted by molar-refractivity contribution is 0.129. The molecule has 0 spiro atoms. The fraction of sp³-hybridized carbons (Fsp3) is 0.917. The van der Waals surface area contributed by atoms with Crippen LogP contribution in [0.3, 0.4) is 0 Å². The fourth-order valence-electron chi connectivity index (χ4n) is 2.47. The Labute approximate surface area is 97.3 Å². The predicted octanol–water partition coefficient (Wildman–Crippen LogP) is 2.32. The van der Waals surface area contributed by atoms with E-state index in [-0.39, 0.29) is 13.2 Å². The van der Waals surface area contributed by atoms with Crippen LogP contribution in [-0.2, 0) is 0 Å². The summed E-state index contributed by atoms with van der Waals surface area (Å²) in [5.41, 5.74) is 0. The lowest BCUT2D eigenvalue weighted by Gasteiger charge is -2.23. The predicted molar refractivity (Wildman–Crippen MR) is 62.5 cm³/mol. The summed E-state index contributed by atoms with van der Waals surface area (Å²) in [6, 6.07) is 0. The highest BCUT2D eigenvalue weighted by atomic mass is 16.4. The van der Waals surface area contributed by atoms with Crippen molar-refractivity contribution in [3.63, 3.8) is 0 Å². The van der Waals surface area contributed by atoms with Crippen LogP contribution in [0.15, 0.2) is 0 Å². The van der Waals surface area contributed by atoms with Gasteiger partial charge < -0.3 is 15.1 Å². The van der Waals surface area contributed by atoms with Crippen molar-refractivity contribution in [2.75, 3.05) is 19.7 Å². The molecular formula is C12H23NO3. The van der Waals surface area contributed by atoms with Crippen molar-refractivity contribution in [2.24, 2.45) is 5.92 Å². The fourth-order valence-corrected chi connectivity index (χ4v) is 2.47. The average Bonchev–Trinajstić information content (AvgIpc) is 2.29. The number of hydrogen-bond acceptors (Lipinski definition) is 2. The standard InChI is InChI=1S/C12H23NO3/c14-10-9-13(12(15)16)8-4-7-11-5-2-1-3-6-11/h11,14H,1-10H2,(H,15,16). The quantitative estimate of drug-likeness (QED) is 0.734. The van der Waals surface area contributed by atoms with Gasteiger partial charge in [0.2, 0.25) is 0 Å². The maximum absolute atomic E-state index is 10.8. The van der Waals surface area contributed by atoms with Crippen LogP contribution in [0, 0.1) is 5.92 Å². The zero-order valence-electron chi connectivity index (χ0n) is 9.90. The van der Waals surface area contributed by atoms with Gasteiger partial charge in [-0.1, -0.05) is 32.1 Å². The van der Waals surface area contributed by atoms with E-state index in [4.69, 9.17) is 10.2 Å². The molecule has 2 N–H and O–H groups in total. The van der Waals surface area contributed by atoms with Crippen LogP contribution in [-0.4, -0.2) is 40.9 Å². The molecule has 1 fully saturated rings. The summed E-state index contributed by atoms with van der Waals surface area (Å²) in [6.45, 7) is 0.710. The minimum atomic E-state index is -0.919. The van der Waals surface area contributed by atoms with Crippen molar-refractivity contribution in [1.82, 2.24) is 4.90 Å². The Balaban J connectivity index is 2.13. The summed E-state index contributed by atoms with van der Waals surface area (Å²) in [7, 11) is 0. The van der Waals surface area contributed by atoms with E-state index in [0.29, 0.717) is 6.54 Å². The second kappa shape index (κ2) is 7.49. The van der Waals surface area contributed by atoms with Crippen molar-refractivity contribution >= 4 is 6.09 Å². The molecule has 1 aliphatic rings. The van der Waals surface area contributed by atoms with Crippen molar-refractivity contribution in [1.29, 1.82) is 0 Å². The van der Waals surface area contributed by atoms with E-state index in [1.54, 1.807) is 0 Å². The molecule has 0 aromatic heterocycles. The van der Waals surface area contributed by atoms with Gasteiger partial charge in [-0.25, -0.2) is 4.79 Å². The van der Waals surface area contributed by atoms with E-state index in [1.165, 1.54) is 37.0 Å². The molecule has 1 saturated carbocycles. The number of aliphatic hydroxyl groups is 1. The molecule has 0 aromatic rings. The molecule has 1 rings (SSSR count). The Morgan fingerprint density at radius 2 is 1.88 bits per heavy atom. The van der Waals surface area contributed by atoms with Crippen LogP contribution in [0.1, 0.15) is 44.9 Å². The third-order valence-corrected chi connectivity index (χ3v) is 3.41. The van der Waals surface area contributed by atoms with Crippen LogP contribution in [0.2, 0.25) is 0 Å². The van der Waals surface area contributed by atoms with Crippen molar-refractivity contribution < 1.29 is 15.0 Å². The van der Waals surface area contributed by atoms with Crippen LogP contribution >= 0.6 is 0 Å². The summed E-state index contributed by atoms with van der Waals surface area (Å²) in [5, 5.41) is 17.6. The minimum Gasteiger partial charge on any atom is -0.465 e. The summed E-state index contributed by atoms with van der Waals surface area (Å²) in [4.78, 5) is 12.1. The zero-order chi connectivity index (χ0) is 11.8. The molecule has 1 aliphatic carbocycles. The molecule has 0 radical (unpaired) electrons. The minimum absolute atomic E-state index is 0.0876. The van der Waals surface area contributed by atoms with Gasteiger partial charge in [0.15, 0.2) is 0 Å². The highest BCUT2D eigenvalue weighted by molar-refractivity contribution is 5.64. The monoisotopic (exact) mass is 229 g/mol. The van der Waals surface area contributed by atoms with Crippen LogP contribution < -0.4 is 0 Å². The maximum atomic E-state index is 10.8. The Kier molecular flexibility index (Phi) is 6.23. The maximum Gasteiger partial charge on any atom is 0.407 e. The zero-order valence-corrected chi connectivity index (χ0v) is 9.90. The molecule has 0 heterocycles. The van der Waals surface area contributed by atoms with E-state index in [9.17, 15) is 4.79 Å². The molecule has 0 unspecified atom stereocenters. The number of hydrogen-bond donors (Lipinski definition) is 2. The molecule has 0 aliphatic heterocycles. The van der Waals surface area contributed by atoms with Crippen LogP contribution in [0.5, 0.6) is 0 Å². The average molecular weight is 229 g/mol. The smallest absolute Gasteiger partial charge is 0.407 e. The summed E-state index contributed by atoms with van der Waals surface area (Å²) in [6.07, 6.45) is 7.81. The Morgan fingerprint density at radius 3 is 2.44 bits per heavy atom. The van der Waals surface area contributed by atoms with Gasteiger partial charge in [-0.2, -0.15) is 0 Å². The van der Waals surface area contributed by atoms with E-state index >= 15 is 0 Å². The lowest BCUT2D eigenvalue weighted by Crippen LogP contribution is -2.33. The van der Waals surface area contributed by atoms with Gasteiger partial charge in [0.1, 0.15) is 0 Å². The third-order valence-electron chi connectivity index (χ3n) is 3.41. The molecule has 16 heavy (non-hydrogen) atoms. The number of nitrogens with zero attached hydrogens (tertiary/aromatic N) is 1. The van der Waals surface area contributed by atoms with E-state index in [2.05, 4.69) is 0 Å². The van der Waals surface area contributed by atoms with Gasteiger partial charge in [0.05, 0.1) is 6.61 Å². The first kappa shape index (κ1) is 13.3. The lowest BCUT2D eigenvalue weighted by atomic mass is 9.86. The molecular weight excluding hydrogens is 206 g/mol. The van der Waals surface area contributed by atoms with Gasteiger partial charge in [-0.15, -0.1) is 0 Å². The third kappa shape index (κ3) is 4.84. The molecule has 0 aromatic carbocycles. The highest BCUT2D eigenvalue weighted by Crippen LogP contribution is 2.27. The summed E-state index contributed by atoms with van der Waals surface area (Å²) in [5.74, 6) is 0.804. The normalized spacial score (nSPS) is 17.3. The molecule has 0 bridgehead atoms. The first-order valence-electron chi connectivity index (χ1n) is 6.32. The molecule has 4 heteroatoms. The van der Waals surface area contributed by atoms with Crippen LogP contribution in [0.4, 0.5) is 4.79 Å². The SMILES string of the molecule is O=C(O)N(CCO)CCCC1CCCCC1. The van der Waals surface area contributed by atoms with Crippen molar-refractivity contribution in [3.8, 4) is 0 Å². The van der Waals surface area contributed by atoms with Crippen molar-refractivity contribution in [3.05, 3.63) is 0 Å². The molecule has 4 nitrogen and oxygen atoms in total. The Hall–Kier alpha value is -0.770. The first-order valence-corrected chi connectivity index (χ1v) is 6.32. The molecule has 1 amide bonds. The molecule has 0 atom stereocenters. The molecule has 94 valence electrons. The summed E-state index contributed by atoms with van der Waals surface area (Å²) < 4.78 is 0. The number of carbonyl (C=O) groups is 1. The van der Waals surface area contributed by atoms with Gasteiger partial charge in [-0.05, 0) is 18.8 Å². The van der Waals surface area contributed by atoms with E-state index in [1.807, 2.05) is 0 Å². The van der Waals surface area contributed by atoms with Gasteiger partial charge in [0.25, 0.3) is 0 Å². The number of rotatable bonds is 6. The second-order valence-corrected chi connectivity index (χ2v) is 4.64. The first-order chi connectivity index (χ1) is 7.74. The largest absolute Gasteiger partial charge is 0.465 e. The number of amides is 1. The Morgan fingerprint density at radius 1 is 1.19 bits per heavy atom. The van der Waals surface area contributed by atoms with Crippen molar-refractivity contribution in [2.45, 2.75) is 44.9 Å². The van der Waals surface area contributed by atoms with E-state index < -0.39 is 6.09 Å². The summed E-state index contributed by atoms with van der Waals surface area (Å²) >= 11 is 0.